The van der Waals surface area contributed by atoms with Crippen LogP contribution in [0.25, 0.3) is 0 Å². The molecule has 0 radical (unpaired) electrons. The highest BCUT2D eigenvalue weighted by Crippen LogP contribution is 2.53. The minimum Gasteiger partial charge on any atom is -0.496 e. The van der Waals surface area contributed by atoms with Crippen molar-refractivity contribution in [3.8, 4) is 5.75 Å². The van der Waals surface area contributed by atoms with Gasteiger partial charge in [0.2, 0.25) is 0 Å². The lowest BCUT2D eigenvalue weighted by molar-refractivity contribution is 0.187. The van der Waals surface area contributed by atoms with Gasteiger partial charge in [-0.1, -0.05) is 26.8 Å². The zero-order valence-electron chi connectivity index (χ0n) is 12.4. The second-order valence-electron chi connectivity index (χ2n) is 6.71. The highest BCUT2D eigenvalue weighted by atomic mass is 16.5. The molecule has 2 rings (SSSR count). The molecule has 3 N–H and O–H groups in total. The molecule has 1 aromatic carbocycles. The van der Waals surface area contributed by atoms with Gasteiger partial charge in [0.15, 0.2) is 0 Å². The molecule has 0 bridgehead atoms. The fourth-order valence-corrected chi connectivity index (χ4v) is 2.59. The van der Waals surface area contributed by atoms with E-state index in [0.717, 1.165) is 29.7 Å². The number of nitrogens with two attached hydrogens (primary N) is 1. The van der Waals surface area contributed by atoms with Gasteiger partial charge in [0.1, 0.15) is 5.75 Å². The van der Waals surface area contributed by atoms with Gasteiger partial charge in [0, 0.05) is 11.5 Å². The third-order valence-electron chi connectivity index (χ3n) is 4.26. The molecule has 1 fully saturated rings. The fourth-order valence-electron chi connectivity index (χ4n) is 2.59. The van der Waals surface area contributed by atoms with Gasteiger partial charge in [-0.3, -0.25) is 0 Å². The van der Waals surface area contributed by atoms with Gasteiger partial charge >= 0.3 is 0 Å². The Morgan fingerprint density at radius 3 is 2.42 bits per heavy atom. The Morgan fingerprint density at radius 2 is 2.00 bits per heavy atom. The van der Waals surface area contributed by atoms with Crippen LogP contribution in [0.4, 0.5) is 0 Å². The van der Waals surface area contributed by atoms with Crippen molar-refractivity contribution in [2.75, 3.05) is 13.7 Å². The van der Waals surface area contributed by atoms with E-state index in [1.807, 2.05) is 12.1 Å². The molecule has 1 aromatic rings. The van der Waals surface area contributed by atoms with Crippen LogP contribution in [-0.4, -0.2) is 18.8 Å². The molecule has 1 aliphatic carbocycles. The first-order chi connectivity index (χ1) is 8.84. The number of hydrogen-bond acceptors (Lipinski definition) is 3. The normalized spacial score (nSPS) is 19.1. The highest BCUT2D eigenvalue weighted by molar-refractivity contribution is 5.43. The third kappa shape index (κ3) is 2.63. The summed E-state index contributed by atoms with van der Waals surface area (Å²) in [6, 6.07) is 6.06. The van der Waals surface area contributed by atoms with E-state index in [2.05, 4.69) is 26.8 Å². The summed E-state index contributed by atoms with van der Waals surface area (Å²) in [5.41, 5.74) is 8.52. The second-order valence-corrected chi connectivity index (χ2v) is 6.71. The molecule has 0 amide bonds. The Morgan fingerprint density at radius 1 is 1.37 bits per heavy atom. The minimum atomic E-state index is -0.0935. The summed E-state index contributed by atoms with van der Waals surface area (Å²) in [6.07, 6.45) is 2.03. The smallest absolute Gasteiger partial charge is 0.122 e. The van der Waals surface area contributed by atoms with Crippen molar-refractivity contribution < 1.29 is 9.84 Å². The summed E-state index contributed by atoms with van der Waals surface area (Å²) in [4.78, 5) is 0. The minimum absolute atomic E-state index is 0.0109. The summed E-state index contributed by atoms with van der Waals surface area (Å²) in [6.45, 7) is 6.67. The molecule has 1 unspecified atom stereocenters. The third-order valence-corrected chi connectivity index (χ3v) is 4.26. The van der Waals surface area contributed by atoms with Gasteiger partial charge in [-0.2, -0.15) is 0 Å². The van der Waals surface area contributed by atoms with Crippen LogP contribution in [-0.2, 0) is 5.41 Å². The second kappa shape index (κ2) is 4.80. The number of rotatable bonds is 4. The maximum Gasteiger partial charge on any atom is 0.122 e. The van der Waals surface area contributed by atoms with Crippen molar-refractivity contribution in [1.82, 2.24) is 0 Å². The largest absolute Gasteiger partial charge is 0.496 e. The number of aliphatic hydroxyl groups excluding tert-OH is 1. The molecular formula is C16H25NO2. The van der Waals surface area contributed by atoms with Gasteiger partial charge in [-0.05, 0) is 41.5 Å². The molecular weight excluding hydrogens is 238 g/mol. The van der Waals surface area contributed by atoms with Gasteiger partial charge in [-0.15, -0.1) is 0 Å². The van der Waals surface area contributed by atoms with E-state index < -0.39 is 0 Å². The Kier molecular flexibility index (Phi) is 3.63. The maximum absolute atomic E-state index is 9.51. The van der Waals surface area contributed by atoms with Crippen molar-refractivity contribution in [3.63, 3.8) is 0 Å². The number of methoxy groups -OCH3 is 1. The van der Waals surface area contributed by atoms with Crippen LogP contribution in [0, 0.1) is 5.41 Å². The van der Waals surface area contributed by atoms with Gasteiger partial charge in [0.05, 0.1) is 13.7 Å². The van der Waals surface area contributed by atoms with E-state index in [-0.39, 0.29) is 23.5 Å². The summed E-state index contributed by atoms with van der Waals surface area (Å²) < 4.78 is 5.44. The molecule has 1 aliphatic rings. The first-order valence-corrected chi connectivity index (χ1v) is 6.89. The highest BCUT2D eigenvalue weighted by Gasteiger charge is 2.48. The van der Waals surface area contributed by atoms with Crippen molar-refractivity contribution in [3.05, 3.63) is 29.3 Å². The SMILES string of the molecule is COc1ccc(C(N)C2(CO)CC2)cc1C(C)(C)C. The Bertz CT molecular complexity index is 458. The van der Waals surface area contributed by atoms with Crippen molar-refractivity contribution >= 4 is 0 Å². The predicted octanol–water partition coefficient (Wildman–Crippen LogP) is 2.77. The first kappa shape index (κ1) is 14.4. The average molecular weight is 263 g/mol. The first-order valence-electron chi connectivity index (χ1n) is 6.89. The quantitative estimate of drug-likeness (QED) is 0.878. The molecule has 0 aliphatic heterocycles. The molecule has 0 heterocycles. The van der Waals surface area contributed by atoms with Crippen LogP contribution in [0.3, 0.4) is 0 Å². The lowest BCUT2D eigenvalue weighted by Gasteiger charge is -2.26. The van der Waals surface area contributed by atoms with Crippen molar-refractivity contribution in [2.24, 2.45) is 11.1 Å². The summed E-state index contributed by atoms with van der Waals surface area (Å²) in [7, 11) is 1.69. The van der Waals surface area contributed by atoms with Gasteiger partial charge in [0.25, 0.3) is 0 Å². The summed E-state index contributed by atoms with van der Waals surface area (Å²) >= 11 is 0. The molecule has 0 spiro atoms. The van der Waals surface area contributed by atoms with Crippen LogP contribution in [0.5, 0.6) is 5.75 Å². The molecule has 0 saturated heterocycles. The topological polar surface area (TPSA) is 55.5 Å². The predicted molar refractivity (Wildman–Crippen MR) is 77.4 cm³/mol. The average Bonchev–Trinajstić information content (AvgIpc) is 3.17. The van der Waals surface area contributed by atoms with E-state index in [1.54, 1.807) is 7.11 Å². The Labute approximate surface area is 115 Å². The van der Waals surface area contributed by atoms with Crippen LogP contribution in [0.2, 0.25) is 0 Å². The zero-order valence-corrected chi connectivity index (χ0v) is 12.4. The van der Waals surface area contributed by atoms with E-state index >= 15 is 0 Å². The Hall–Kier alpha value is -1.06. The van der Waals surface area contributed by atoms with Crippen LogP contribution in [0.15, 0.2) is 18.2 Å². The molecule has 19 heavy (non-hydrogen) atoms. The van der Waals surface area contributed by atoms with E-state index in [4.69, 9.17) is 10.5 Å². The van der Waals surface area contributed by atoms with Crippen molar-refractivity contribution in [2.45, 2.75) is 45.1 Å². The van der Waals surface area contributed by atoms with Crippen LogP contribution in [0.1, 0.15) is 50.8 Å². The lowest BCUT2D eigenvalue weighted by Crippen LogP contribution is -2.26. The monoisotopic (exact) mass is 263 g/mol. The van der Waals surface area contributed by atoms with Crippen LogP contribution >= 0.6 is 0 Å². The van der Waals surface area contributed by atoms with Crippen LogP contribution < -0.4 is 10.5 Å². The Balaban J connectivity index is 2.38. The molecule has 1 atom stereocenters. The molecule has 106 valence electrons. The molecule has 1 saturated carbocycles. The number of ether oxygens (including phenoxy) is 1. The summed E-state index contributed by atoms with van der Waals surface area (Å²) in [5, 5.41) is 9.51. The van der Waals surface area contributed by atoms with Gasteiger partial charge < -0.3 is 15.6 Å². The van der Waals surface area contributed by atoms with Gasteiger partial charge in [-0.25, -0.2) is 0 Å². The van der Waals surface area contributed by atoms with Crippen molar-refractivity contribution in [1.29, 1.82) is 0 Å². The fraction of sp³-hybridized carbons (Fsp3) is 0.625. The summed E-state index contributed by atoms with van der Waals surface area (Å²) in [5.74, 6) is 0.900. The molecule has 3 heteroatoms. The van der Waals surface area contributed by atoms with E-state index in [0.29, 0.717) is 0 Å². The molecule has 0 aromatic heterocycles. The standard InChI is InChI=1S/C16H25NO2/c1-15(2,3)12-9-11(5-6-13(12)19-4)14(17)16(10-18)7-8-16/h5-6,9,14,18H,7-8,10,17H2,1-4H3. The number of benzene rings is 1. The number of aliphatic hydroxyl groups is 1. The zero-order chi connectivity index (χ0) is 14.3. The lowest BCUT2D eigenvalue weighted by atomic mass is 9.82. The van der Waals surface area contributed by atoms with E-state index in [1.165, 1.54) is 0 Å². The maximum atomic E-state index is 9.51. The van der Waals surface area contributed by atoms with E-state index in [9.17, 15) is 5.11 Å². The number of hydrogen-bond donors (Lipinski definition) is 2. The molecule has 3 nitrogen and oxygen atoms in total.